The van der Waals surface area contributed by atoms with Crippen LogP contribution in [0.4, 0.5) is 0 Å². The minimum Gasteiger partial charge on any atom is -0.394 e. The molecule has 0 aromatic carbocycles. The van der Waals surface area contributed by atoms with Gasteiger partial charge in [0.15, 0.2) is 0 Å². The lowest BCUT2D eigenvalue weighted by Gasteiger charge is -2.22. The summed E-state index contributed by atoms with van der Waals surface area (Å²) in [6.07, 6.45) is 4.56. The molecule has 2 aliphatic carbocycles. The number of hydrogen-bond acceptors (Lipinski definition) is 5. The van der Waals surface area contributed by atoms with Crippen molar-refractivity contribution in [3.8, 4) is 6.07 Å². The number of thioether (sulfide) groups is 1. The van der Waals surface area contributed by atoms with Gasteiger partial charge >= 0.3 is 0 Å². The largest absolute Gasteiger partial charge is 0.394 e. The van der Waals surface area contributed by atoms with Crippen LogP contribution in [0.15, 0.2) is 0 Å². The molecular weight excluding hydrogens is 236 g/mol. The first-order valence-electron chi connectivity index (χ1n) is 6.27. The lowest BCUT2D eigenvalue weighted by Crippen LogP contribution is -2.43. The van der Waals surface area contributed by atoms with Crippen molar-refractivity contribution in [2.24, 2.45) is 0 Å². The molecule has 0 saturated heterocycles. The van der Waals surface area contributed by atoms with Crippen LogP contribution in [-0.4, -0.2) is 45.5 Å². The van der Waals surface area contributed by atoms with Gasteiger partial charge in [-0.1, -0.05) is 0 Å². The van der Waals surface area contributed by atoms with Crippen LogP contribution in [0, 0.1) is 11.3 Å². The summed E-state index contributed by atoms with van der Waals surface area (Å²) in [6, 6.07) is 3.00. The average molecular weight is 256 g/mol. The lowest BCUT2D eigenvalue weighted by molar-refractivity contribution is 0.113. The second-order valence-corrected chi connectivity index (χ2v) is 6.48. The van der Waals surface area contributed by atoms with Crippen molar-refractivity contribution >= 4 is 11.8 Å². The Morgan fingerprint density at radius 2 is 2.24 bits per heavy atom. The Balaban J connectivity index is 1.78. The monoisotopic (exact) mass is 256 g/mol. The summed E-state index contributed by atoms with van der Waals surface area (Å²) >= 11 is 1.68. The fraction of sp³-hybridized carbons (Fsp3) is 0.917. The molecule has 0 amide bonds. The first-order valence-corrected chi connectivity index (χ1v) is 7.32. The maximum absolute atomic E-state index is 9.32. The van der Waals surface area contributed by atoms with Crippen LogP contribution < -0.4 is 5.32 Å². The van der Waals surface area contributed by atoms with E-state index in [9.17, 15) is 10.4 Å². The molecule has 2 fully saturated rings. The highest BCUT2D eigenvalue weighted by Crippen LogP contribution is 2.39. The van der Waals surface area contributed by atoms with Gasteiger partial charge in [0.2, 0.25) is 0 Å². The summed E-state index contributed by atoms with van der Waals surface area (Å²) in [4.78, 5) is 0. The van der Waals surface area contributed by atoms with Crippen LogP contribution in [0.25, 0.3) is 0 Å². The molecule has 3 unspecified atom stereocenters. The summed E-state index contributed by atoms with van der Waals surface area (Å²) in [5.74, 6) is 0.562. The minimum absolute atomic E-state index is 0.177. The van der Waals surface area contributed by atoms with Crippen molar-refractivity contribution in [2.75, 3.05) is 12.4 Å². The van der Waals surface area contributed by atoms with E-state index >= 15 is 0 Å². The zero-order chi connectivity index (χ0) is 12.3. The molecule has 5 heteroatoms. The summed E-state index contributed by atoms with van der Waals surface area (Å²) < 4.78 is 0. The molecule has 3 atom stereocenters. The molecule has 96 valence electrons. The summed E-state index contributed by atoms with van der Waals surface area (Å²) in [6.45, 7) is -0.177. The second kappa shape index (κ2) is 5.57. The number of nitriles is 1. The van der Waals surface area contributed by atoms with Gasteiger partial charge in [0.25, 0.3) is 0 Å². The fourth-order valence-corrected chi connectivity index (χ4v) is 3.61. The van der Waals surface area contributed by atoms with Crippen molar-refractivity contribution < 1.29 is 10.2 Å². The SMILES string of the molecule is N#CC1(NC2CC2)CCC(SCC(O)CO)C1. The lowest BCUT2D eigenvalue weighted by atomic mass is 10.00. The van der Waals surface area contributed by atoms with E-state index in [-0.39, 0.29) is 12.1 Å². The molecule has 2 rings (SSSR count). The number of nitrogens with one attached hydrogen (secondary N) is 1. The molecular formula is C12H20N2O2S. The van der Waals surface area contributed by atoms with Gasteiger partial charge in [-0.05, 0) is 32.1 Å². The molecule has 0 radical (unpaired) electrons. The molecule has 0 aromatic heterocycles. The minimum atomic E-state index is -0.631. The van der Waals surface area contributed by atoms with E-state index < -0.39 is 6.10 Å². The van der Waals surface area contributed by atoms with Gasteiger partial charge in [-0.2, -0.15) is 17.0 Å². The quantitative estimate of drug-likeness (QED) is 0.650. The van der Waals surface area contributed by atoms with Gasteiger partial charge in [0, 0.05) is 17.0 Å². The molecule has 17 heavy (non-hydrogen) atoms. The van der Waals surface area contributed by atoms with Crippen LogP contribution in [0.3, 0.4) is 0 Å². The maximum Gasteiger partial charge on any atom is 0.108 e. The number of aliphatic hydroxyl groups is 2. The zero-order valence-electron chi connectivity index (χ0n) is 9.93. The van der Waals surface area contributed by atoms with E-state index in [0.717, 1.165) is 19.3 Å². The molecule has 0 spiro atoms. The smallest absolute Gasteiger partial charge is 0.108 e. The van der Waals surface area contributed by atoms with Gasteiger partial charge in [0.1, 0.15) is 5.54 Å². The second-order valence-electron chi connectivity index (χ2n) is 5.15. The molecule has 0 heterocycles. The Kier molecular flexibility index (Phi) is 4.31. The predicted molar refractivity (Wildman–Crippen MR) is 67.7 cm³/mol. The van der Waals surface area contributed by atoms with E-state index in [1.807, 2.05) is 0 Å². The van der Waals surface area contributed by atoms with Gasteiger partial charge in [-0.15, -0.1) is 0 Å². The zero-order valence-corrected chi connectivity index (χ0v) is 10.7. The molecule has 4 nitrogen and oxygen atoms in total. The van der Waals surface area contributed by atoms with Gasteiger partial charge in [-0.25, -0.2) is 0 Å². The number of nitrogens with zero attached hydrogens (tertiary/aromatic N) is 1. The van der Waals surface area contributed by atoms with Crippen molar-refractivity contribution in [1.29, 1.82) is 5.26 Å². The highest BCUT2D eigenvalue weighted by Gasteiger charge is 2.42. The fourth-order valence-electron chi connectivity index (χ4n) is 2.33. The van der Waals surface area contributed by atoms with Crippen LogP contribution in [0.5, 0.6) is 0 Å². The molecule has 0 aliphatic heterocycles. The van der Waals surface area contributed by atoms with E-state index in [4.69, 9.17) is 5.11 Å². The Morgan fingerprint density at radius 3 is 2.82 bits per heavy atom. The molecule has 2 aliphatic rings. The van der Waals surface area contributed by atoms with E-state index in [1.165, 1.54) is 12.8 Å². The summed E-state index contributed by atoms with van der Waals surface area (Å²) in [5.41, 5.74) is -0.330. The number of rotatable bonds is 6. The molecule has 3 N–H and O–H groups in total. The normalized spacial score (nSPS) is 34.5. The third-order valence-electron chi connectivity index (χ3n) is 3.48. The van der Waals surface area contributed by atoms with Gasteiger partial charge in [-0.3, -0.25) is 5.32 Å². The molecule has 2 saturated carbocycles. The van der Waals surface area contributed by atoms with Crippen LogP contribution in [-0.2, 0) is 0 Å². The number of aliphatic hydroxyl groups excluding tert-OH is 2. The summed E-state index contributed by atoms with van der Waals surface area (Å²) in [7, 11) is 0. The van der Waals surface area contributed by atoms with E-state index in [0.29, 0.717) is 17.0 Å². The third kappa shape index (κ3) is 3.59. The third-order valence-corrected chi connectivity index (χ3v) is 4.93. The molecule has 0 bridgehead atoms. The van der Waals surface area contributed by atoms with Gasteiger partial charge in [0.05, 0.1) is 18.8 Å². The Bertz CT molecular complexity index is 303. The van der Waals surface area contributed by atoms with Crippen molar-refractivity contribution in [3.05, 3.63) is 0 Å². The van der Waals surface area contributed by atoms with Gasteiger partial charge < -0.3 is 10.2 Å². The Morgan fingerprint density at radius 1 is 1.47 bits per heavy atom. The van der Waals surface area contributed by atoms with Crippen molar-refractivity contribution in [3.63, 3.8) is 0 Å². The Labute approximate surface area is 106 Å². The van der Waals surface area contributed by atoms with Crippen LogP contribution in [0.1, 0.15) is 32.1 Å². The Hall–Kier alpha value is -0.280. The predicted octanol–water partition coefficient (Wildman–Crippen LogP) is 0.640. The van der Waals surface area contributed by atoms with E-state index in [1.54, 1.807) is 11.8 Å². The van der Waals surface area contributed by atoms with Crippen molar-refractivity contribution in [2.45, 2.75) is 55.0 Å². The average Bonchev–Trinajstić information content (AvgIpc) is 3.05. The topological polar surface area (TPSA) is 76.3 Å². The van der Waals surface area contributed by atoms with Crippen molar-refractivity contribution in [1.82, 2.24) is 5.32 Å². The first-order chi connectivity index (χ1) is 8.17. The molecule has 0 aromatic rings. The maximum atomic E-state index is 9.32. The first kappa shape index (κ1) is 13.2. The summed E-state index contributed by atoms with van der Waals surface area (Å²) in [5, 5.41) is 31.3. The van der Waals surface area contributed by atoms with E-state index in [2.05, 4.69) is 11.4 Å². The number of hydrogen-bond donors (Lipinski definition) is 3. The van der Waals surface area contributed by atoms with Crippen LogP contribution in [0.2, 0.25) is 0 Å². The van der Waals surface area contributed by atoms with Crippen LogP contribution >= 0.6 is 11.8 Å². The highest BCUT2D eigenvalue weighted by molar-refractivity contribution is 7.99. The standard InChI is InChI=1S/C12H20N2O2S/c13-8-12(14-9-1-2-9)4-3-11(5-12)17-7-10(16)6-15/h9-11,14-16H,1-7H2. The highest BCUT2D eigenvalue weighted by atomic mass is 32.2.